The van der Waals surface area contributed by atoms with E-state index in [0.29, 0.717) is 10.8 Å². The van der Waals surface area contributed by atoms with Crippen LogP contribution in [0.2, 0.25) is 5.02 Å². The molecule has 0 radical (unpaired) electrons. The molecule has 2 rings (SSSR count). The highest BCUT2D eigenvalue weighted by Crippen LogP contribution is 2.28. The molecule has 3 nitrogen and oxygen atoms in total. The predicted molar refractivity (Wildman–Crippen MR) is 93.8 cm³/mol. The number of halogens is 2. The molecular weight excluding hydrogens is 366 g/mol. The molecule has 0 aliphatic carbocycles. The van der Waals surface area contributed by atoms with Crippen LogP contribution in [-0.4, -0.2) is 12.0 Å². The van der Waals surface area contributed by atoms with Crippen molar-refractivity contribution < 1.29 is 9.53 Å². The van der Waals surface area contributed by atoms with Gasteiger partial charge in [0.1, 0.15) is 5.75 Å². The minimum atomic E-state index is -0.653. The van der Waals surface area contributed by atoms with Crippen LogP contribution >= 0.6 is 27.5 Å². The van der Waals surface area contributed by atoms with E-state index in [1.54, 1.807) is 19.1 Å². The van der Waals surface area contributed by atoms with Crippen molar-refractivity contribution in [3.05, 3.63) is 57.0 Å². The fourth-order valence-electron chi connectivity index (χ4n) is 2.00. The number of hydrogen-bond acceptors (Lipinski definition) is 2. The summed E-state index contributed by atoms with van der Waals surface area (Å²) in [6.45, 7) is 5.66. The highest BCUT2D eigenvalue weighted by molar-refractivity contribution is 9.10. The topological polar surface area (TPSA) is 38.3 Å². The molecule has 0 unspecified atom stereocenters. The number of rotatable bonds is 4. The number of nitrogens with one attached hydrogen (secondary N) is 1. The van der Waals surface area contributed by atoms with E-state index in [1.807, 2.05) is 38.1 Å². The van der Waals surface area contributed by atoms with Crippen molar-refractivity contribution in [3.63, 3.8) is 0 Å². The lowest BCUT2D eigenvalue weighted by atomic mass is 10.1. The lowest BCUT2D eigenvalue weighted by Gasteiger charge is -2.17. The van der Waals surface area contributed by atoms with Gasteiger partial charge in [0.25, 0.3) is 5.91 Å². The van der Waals surface area contributed by atoms with Crippen LogP contribution in [0.4, 0.5) is 5.69 Å². The van der Waals surface area contributed by atoms with E-state index < -0.39 is 6.10 Å². The molecule has 0 bridgehead atoms. The molecule has 5 heteroatoms. The number of anilines is 1. The summed E-state index contributed by atoms with van der Waals surface area (Å²) in [4.78, 5) is 12.2. The number of ether oxygens (including phenoxy) is 1. The highest BCUT2D eigenvalue weighted by Gasteiger charge is 2.17. The van der Waals surface area contributed by atoms with Gasteiger partial charge in [-0.3, -0.25) is 4.79 Å². The van der Waals surface area contributed by atoms with Gasteiger partial charge in [-0.15, -0.1) is 0 Å². The Hall–Kier alpha value is -1.52. The van der Waals surface area contributed by atoms with E-state index in [1.165, 1.54) is 0 Å². The standard InChI is InChI=1S/C17H17BrClNO2/c1-10-4-6-15(11(2)8-10)20-17(21)12(3)22-16-7-5-13(18)9-14(16)19/h4-9,12H,1-3H3,(H,20,21)/t12-/m1/s1. The molecule has 0 fully saturated rings. The zero-order chi connectivity index (χ0) is 16.3. The van der Waals surface area contributed by atoms with Crippen molar-refractivity contribution in [1.82, 2.24) is 0 Å². The molecule has 2 aromatic rings. The molecule has 1 amide bonds. The summed E-state index contributed by atoms with van der Waals surface area (Å²) in [5.74, 6) is 0.263. The van der Waals surface area contributed by atoms with Crippen LogP contribution in [0.1, 0.15) is 18.1 Å². The number of carbonyl (C=O) groups excluding carboxylic acids is 1. The number of amides is 1. The Morgan fingerprint density at radius 3 is 2.59 bits per heavy atom. The number of aryl methyl sites for hydroxylation is 2. The number of hydrogen-bond donors (Lipinski definition) is 1. The Balaban J connectivity index is 2.05. The van der Waals surface area contributed by atoms with Gasteiger partial charge in [-0.05, 0) is 50.6 Å². The third-order valence-corrected chi connectivity index (χ3v) is 4.00. The maximum Gasteiger partial charge on any atom is 0.265 e. The molecule has 116 valence electrons. The Bertz CT molecular complexity index is 703. The van der Waals surface area contributed by atoms with Crippen molar-refractivity contribution in [2.45, 2.75) is 26.9 Å². The average Bonchev–Trinajstić information content (AvgIpc) is 2.44. The zero-order valence-corrected chi connectivity index (χ0v) is 15.0. The molecule has 0 saturated heterocycles. The van der Waals surface area contributed by atoms with E-state index >= 15 is 0 Å². The summed E-state index contributed by atoms with van der Waals surface area (Å²) in [6, 6.07) is 11.1. The Morgan fingerprint density at radius 2 is 1.95 bits per heavy atom. The number of benzene rings is 2. The molecule has 0 aromatic heterocycles. The minimum absolute atomic E-state index is 0.217. The second-order valence-corrected chi connectivity index (χ2v) is 6.47. The van der Waals surface area contributed by atoms with Crippen molar-refractivity contribution in [3.8, 4) is 5.75 Å². The summed E-state index contributed by atoms with van der Waals surface area (Å²) < 4.78 is 6.49. The van der Waals surface area contributed by atoms with Crippen molar-refractivity contribution in [1.29, 1.82) is 0 Å². The van der Waals surface area contributed by atoms with E-state index in [4.69, 9.17) is 16.3 Å². The van der Waals surface area contributed by atoms with Crippen LogP contribution < -0.4 is 10.1 Å². The largest absolute Gasteiger partial charge is 0.479 e. The first-order valence-electron chi connectivity index (χ1n) is 6.86. The summed E-state index contributed by atoms with van der Waals surface area (Å²) in [7, 11) is 0. The summed E-state index contributed by atoms with van der Waals surface area (Å²) in [5.41, 5.74) is 2.96. The summed E-state index contributed by atoms with van der Waals surface area (Å²) in [5, 5.41) is 3.33. The molecule has 1 atom stereocenters. The van der Waals surface area contributed by atoms with Gasteiger partial charge in [0.05, 0.1) is 5.02 Å². The summed E-state index contributed by atoms with van der Waals surface area (Å²) in [6.07, 6.45) is -0.653. The first kappa shape index (κ1) is 16.8. The zero-order valence-electron chi connectivity index (χ0n) is 12.6. The van der Waals surface area contributed by atoms with Crippen molar-refractivity contribution in [2.75, 3.05) is 5.32 Å². The van der Waals surface area contributed by atoms with E-state index in [0.717, 1.165) is 21.3 Å². The highest BCUT2D eigenvalue weighted by atomic mass is 79.9. The normalized spacial score (nSPS) is 11.9. The molecule has 1 N–H and O–H groups in total. The van der Waals surface area contributed by atoms with E-state index in [-0.39, 0.29) is 5.91 Å². The fourth-order valence-corrected chi connectivity index (χ4v) is 2.72. The van der Waals surface area contributed by atoms with Gasteiger partial charge in [0.15, 0.2) is 6.10 Å². The van der Waals surface area contributed by atoms with Crippen molar-refractivity contribution >= 4 is 39.1 Å². The van der Waals surface area contributed by atoms with E-state index in [9.17, 15) is 4.79 Å². The Labute approximate surface area is 143 Å². The van der Waals surface area contributed by atoms with Crippen LogP contribution in [-0.2, 0) is 4.79 Å². The molecule has 0 heterocycles. The molecule has 0 saturated carbocycles. The van der Waals surface area contributed by atoms with Crippen LogP contribution in [0.25, 0.3) is 0 Å². The quantitative estimate of drug-likeness (QED) is 0.796. The lowest BCUT2D eigenvalue weighted by molar-refractivity contribution is -0.122. The third kappa shape index (κ3) is 4.24. The van der Waals surface area contributed by atoms with Gasteiger partial charge in [-0.2, -0.15) is 0 Å². The first-order valence-corrected chi connectivity index (χ1v) is 8.03. The van der Waals surface area contributed by atoms with E-state index in [2.05, 4.69) is 21.2 Å². The molecular formula is C17H17BrClNO2. The molecule has 22 heavy (non-hydrogen) atoms. The SMILES string of the molecule is Cc1ccc(NC(=O)[C@@H](C)Oc2ccc(Br)cc2Cl)c(C)c1. The average molecular weight is 383 g/mol. The molecule has 0 aliphatic rings. The maximum absolute atomic E-state index is 12.2. The number of carbonyl (C=O) groups is 1. The monoisotopic (exact) mass is 381 g/mol. The lowest BCUT2D eigenvalue weighted by Crippen LogP contribution is -2.30. The van der Waals surface area contributed by atoms with Gasteiger partial charge >= 0.3 is 0 Å². The van der Waals surface area contributed by atoms with Gasteiger partial charge in [-0.1, -0.05) is 45.2 Å². The van der Waals surface area contributed by atoms with Gasteiger partial charge in [0.2, 0.25) is 0 Å². The third-order valence-electron chi connectivity index (χ3n) is 3.21. The van der Waals surface area contributed by atoms with Crippen LogP contribution in [0, 0.1) is 13.8 Å². The molecule has 0 spiro atoms. The van der Waals surface area contributed by atoms with Crippen LogP contribution in [0.5, 0.6) is 5.75 Å². The van der Waals surface area contributed by atoms with Crippen LogP contribution in [0.3, 0.4) is 0 Å². The summed E-state index contributed by atoms with van der Waals surface area (Å²) >= 11 is 9.42. The predicted octanol–water partition coefficient (Wildman–Crippen LogP) is 5.13. The van der Waals surface area contributed by atoms with Gasteiger partial charge in [0, 0.05) is 10.2 Å². The second-order valence-electron chi connectivity index (χ2n) is 5.14. The van der Waals surface area contributed by atoms with Crippen molar-refractivity contribution in [2.24, 2.45) is 0 Å². The Morgan fingerprint density at radius 1 is 1.23 bits per heavy atom. The molecule has 2 aromatic carbocycles. The smallest absolute Gasteiger partial charge is 0.265 e. The minimum Gasteiger partial charge on any atom is -0.479 e. The van der Waals surface area contributed by atoms with Gasteiger partial charge in [-0.25, -0.2) is 0 Å². The Kier molecular flexibility index (Phi) is 5.48. The maximum atomic E-state index is 12.2. The van der Waals surface area contributed by atoms with Gasteiger partial charge < -0.3 is 10.1 Å². The first-order chi connectivity index (χ1) is 10.4. The second kappa shape index (κ2) is 7.16. The van der Waals surface area contributed by atoms with Crippen LogP contribution in [0.15, 0.2) is 40.9 Å². The fraction of sp³-hybridized carbons (Fsp3) is 0.235. The molecule has 0 aliphatic heterocycles.